The summed E-state index contributed by atoms with van der Waals surface area (Å²) in [6.07, 6.45) is 8.49. The lowest BCUT2D eigenvalue weighted by molar-refractivity contribution is 0.238. The normalized spacial score (nSPS) is 23.3. The fourth-order valence-electron chi connectivity index (χ4n) is 3.38. The van der Waals surface area contributed by atoms with Gasteiger partial charge in [0.2, 0.25) is 5.95 Å². The van der Waals surface area contributed by atoms with Gasteiger partial charge in [-0.25, -0.2) is 9.97 Å². The summed E-state index contributed by atoms with van der Waals surface area (Å²) in [5, 5.41) is 3.56. The molecule has 4 heteroatoms. The molecule has 0 amide bonds. The maximum absolute atomic E-state index is 4.63. The molecule has 0 atom stereocenters. The van der Waals surface area contributed by atoms with Gasteiger partial charge in [0, 0.05) is 31.5 Å². The van der Waals surface area contributed by atoms with E-state index < -0.39 is 0 Å². The zero-order valence-corrected chi connectivity index (χ0v) is 11.2. The van der Waals surface area contributed by atoms with Crippen LogP contribution in [0.5, 0.6) is 0 Å². The Morgan fingerprint density at radius 2 is 2.11 bits per heavy atom. The van der Waals surface area contributed by atoms with E-state index in [0.717, 1.165) is 31.3 Å². The van der Waals surface area contributed by atoms with Crippen LogP contribution in [0.25, 0.3) is 0 Å². The molecule has 2 heterocycles. The highest BCUT2D eigenvalue weighted by Crippen LogP contribution is 2.36. The Morgan fingerprint density at radius 3 is 2.89 bits per heavy atom. The molecular formula is C14H22N4. The quantitative estimate of drug-likeness (QED) is 0.821. The molecule has 0 unspecified atom stereocenters. The maximum Gasteiger partial charge on any atom is 0.226 e. The number of piperazine rings is 1. The predicted molar refractivity (Wildman–Crippen MR) is 72.8 cm³/mol. The van der Waals surface area contributed by atoms with Crippen molar-refractivity contribution in [1.82, 2.24) is 15.3 Å². The maximum atomic E-state index is 4.63. The molecule has 1 aliphatic heterocycles. The van der Waals surface area contributed by atoms with Crippen molar-refractivity contribution >= 4 is 5.95 Å². The first-order valence-corrected chi connectivity index (χ1v) is 7.08. The Labute approximate surface area is 109 Å². The molecular weight excluding hydrogens is 224 g/mol. The summed E-state index contributed by atoms with van der Waals surface area (Å²) in [7, 11) is 0. The highest BCUT2D eigenvalue weighted by atomic mass is 15.3. The molecule has 1 spiro atoms. The van der Waals surface area contributed by atoms with Crippen LogP contribution < -0.4 is 10.2 Å². The van der Waals surface area contributed by atoms with Crippen LogP contribution in [-0.2, 0) is 0 Å². The molecule has 2 fully saturated rings. The van der Waals surface area contributed by atoms with Gasteiger partial charge in [0.25, 0.3) is 0 Å². The molecule has 2 aliphatic rings. The SMILES string of the molecule is Cc1ccnc(N2CCNCC23CCCCC3)n1. The van der Waals surface area contributed by atoms with Gasteiger partial charge in [-0.1, -0.05) is 19.3 Å². The number of nitrogens with zero attached hydrogens (tertiary/aromatic N) is 3. The van der Waals surface area contributed by atoms with E-state index in [1.165, 1.54) is 32.1 Å². The van der Waals surface area contributed by atoms with E-state index in [-0.39, 0.29) is 5.54 Å². The van der Waals surface area contributed by atoms with Crippen LogP contribution in [0, 0.1) is 6.92 Å². The van der Waals surface area contributed by atoms with Crippen LogP contribution in [0.15, 0.2) is 12.3 Å². The first-order valence-electron chi connectivity index (χ1n) is 7.08. The molecule has 3 rings (SSSR count). The fourth-order valence-corrected chi connectivity index (χ4v) is 3.38. The summed E-state index contributed by atoms with van der Waals surface area (Å²) in [5.74, 6) is 0.929. The summed E-state index contributed by atoms with van der Waals surface area (Å²) >= 11 is 0. The van der Waals surface area contributed by atoms with Crippen LogP contribution in [0.1, 0.15) is 37.8 Å². The summed E-state index contributed by atoms with van der Waals surface area (Å²) in [6.45, 7) is 5.20. The summed E-state index contributed by atoms with van der Waals surface area (Å²) in [4.78, 5) is 11.6. The molecule has 1 aromatic heterocycles. The number of aromatic nitrogens is 2. The van der Waals surface area contributed by atoms with Crippen molar-refractivity contribution in [3.8, 4) is 0 Å². The Kier molecular flexibility index (Phi) is 3.20. The second kappa shape index (κ2) is 4.84. The average Bonchev–Trinajstić information content (AvgIpc) is 2.40. The Balaban J connectivity index is 1.91. The molecule has 98 valence electrons. The molecule has 18 heavy (non-hydrogen) atoms. The minimum Gasteiger partial charge on any atom is -0.333 e. The average molecular weight is 246 g/mol. The Bertz CT molecular complexity index is 404. The second-order valence-electron chi connectivity index (χ2n) is 5.61. The largest absolute Gasteiger partial charge is 0.333 e. The van der Waals surface area contributed by atoms with Crippen molar-refractivity contribution in [2.24, 2.45) is 0 Å². The van der Waals surface area contributed by atoms with Crippen molar-refractivity contribution in [2.75, 3.05) is 24.5 Å². The molecule has 1 saturated heterocycles. The second-order valence-corrected chi connectivity index (χ2v) is 5.61. The topological polar surface area (TPSA) is 41.1 Å². The van der Waals surface area contributed by atoms with Gasteiger partial charge in [-0.3, -0.25) is 0 Å². The fraction of sp³-hybridized carbons (Fsp3) is 0.714. The van der Waals surface area contributed by atoms with E-state index in [1.807, 2.05) is 19.2 Å². The third-order valence-electron chi connectivity index (χ3n) is 4.35. The van der Waals surface area contributed by atoms with E-state index >= 15 is 0 Å². The van der Waals surface area contributed by atoms with E-state index in [9.17, 15) is 0 Å². The van der Waals surface area contributed by atoms with Gasteiger partial charge >= 0.3 is 0 Å². The summed E-state index contributed by atoms with van der Waals surface area (Å²) in [5.41, 5.74) is 1.33. The summed E-state index contributed by atoms with van der Waals surface area (Å²) < 4.78 is 0. The number of anilines is 1. The van der Waals surface area contributed by atoms with Crippen LogP contribution in [0.3, 0.4) is 0 Å². The van der Waals surface area contributed by atoms with Crippen molar-refractivity contribution < 1.29 is 0 Å². The molecule has 0 bridgehead atoms. The van der Waals surface area contributed by atoms with Gasteiger partial charge in [0.15, 0.2) is 0 Å². The van der Waals surface area contributed by atoms with Crippen molar-refractivity contribution in [1.29, 1.82) is 0 Å². The third-order valence-corrected chi connectivity index (χ3v) is 4.35. The number of aryl methyl sites for hydroxylation is 1. The molecule has 0 aromatic carbocycles. The van der Waals surface area contributed by atoms with E-state index in [4.69, 9.17) is 0 Å². The lowest BCUT2D eigenvalue weighted by Crippen LogP contribution is -2.62. The third kappa shape index (κ3) is 2.09. The number of hydrogen-bond donors (Lipinski definition) is 1. The van der Waals surface area contributed by atoms with Gasteiger partial charge in [-0.15, -0.1) is 0 Å². The Morgan fingerprint density at radius 1 is 1.28 bits per heavy atom. The van der Waals surface area contributed by atoms with Crippen LogP contribution in [-0.4, -0.2) is 35.1 Å². The molecule has 1 saturated carbocycles. The molecule has 1 aliphatic carbocycles. The lowest BCUT2D eigenvalue weighted by Gasteiger charge is -2.49. The highest BCUT2D eigenvalue weighted by Gasteiger charge is 2.40. The predicted octanol–water partition coefficient (Wildman–Crippen LogP) is 1.90. The van der Waals surface area contributed by atoms with Crippen molar-refractivity contribution in [3.05, 3.63) is 18.0 Å². The van der Waals surface area contributed by atoms with Crippen LogP contribution in [0.4, 0.5) is 5.95 Å². The lowest BCUT2D eigenvalue weighted by atomic mass is 9.79. The number of nitrogens with one attached hydrogen (secondary N) is 1. The van der Waals surface area contributed by atoms with Crippen molar-refractivity contribution in [2.45, 2.75) is 44.6 Å². The number of rotatable bonds is 1. The van der Waals surface area contributed by atoms with Crippen LogP contribution in [0.2, 0.25) is 0 Å². The Hall–Kier alpha value is -1.16. The van der Waals surface area contributed by atoms with Gasteiger partial charge in [-0.2, -0.15) is 0 Å². The first kappa shape index (κ1) is 11.9. The zero-order chi connectivity index (χ0) is 12.4. The smallest absolute Gasteiger partial charge is 0.226 e. The minimum atomic E-state index is 0.268. The van der Waals surface area contributed by atoms with Crippen molar-refractivity contribution in [3.63, 3.8) is 0 Å². The highest BCUT2D eigenvalue weighted by molar-refractivity contribution is 5.37. The first-order chi connectivity index (χ1) is 8.80. The molecule has 4 nitrogen and oxygen atoms in total. The summed E-state index contributed by atoms with van der Waals surface area (Å²) in [6, 6.07) is 1.97. The minimum absolute atomic E-state index is 0.268. The monoisotopic (exact) mass is 246 g/mol. The van der Waals surface area contributed by atoms with Gasteiger partial charge < -0.3 is 10.2 Å². The van der Waals surface area contributed by atoms with E-state index in [2.05, 4.69) is 20.2 Å². The van der Waals surface area contributed by atoms with Gasteiger partial charge in [0.05, 0.1) is 5.54 Å². The molecule has 1 aromatic rings. The number of hydrogen-bond acceptors (Lipinski definition) is 4. The standard InChI is InChI=1S/C14H22N4/c1-12-5-8-16-13(17-12)18-10-9-15-11-14(18)6-3-2-4-7-14/h5,8,15H,2-4,6-7,9-11H2,1H3. The molecule has 1 N–H and O–H groups in total. The van der Waals surface area contributed by atoms with Crippen LogP contribution >= 0.6 is 0 Å². The van der Waals surface area contributed by atoms with Gasteiger partial charge in [0.1, 0.15) is 0 Å². The van der Waals surface area contributed by atoms with Gasteiger partial charge in [-0.05, 0) is 25.8 Å². The van der Waals surface area contributed by atoms with E-state index in [0.29, 0.717) is 0 Å². The van der Waals surface area contributed by atoms with E-state index in [1.54, 1.807) is 0 Å². The zero-order valence-electron chi connectivity index (χ0n) is 11.2. The molecule has 0 radical (unpaired) electrons.